The van der Waals surface area contributed by atoms with Crippen LogP contribution in [0.4, 0.5) is 5.69 Å². The summed E-state index contributed by atoms with van der Waals surface area (Å²) in [4.78, 5) is 26.4. The lowest BCUT2D eigenvalue weighted by molar-refractivity contribution is -0.116. The highest BCUT2D eigenvalue weighted by Crippen LogP contribution is 2.24. The van der Waals surface area contributed by atoms with Gasteiger partial charge < -0.3 is 19.7 Å². The van der Waals surface area contributed by atoms with Crippen LogP contribution in [0.3, 0.4) is 0 Å². The minimum atomic E-state index is -0.0704. The highest BCUT2D eigenvalue weighted by molar-refractivity contribution is 5.95. The average Bonchev–Trinajstić information content (AvgIpc) is 2.77. The summed E-state index contributed by atoms with van der Waals surface area (Å²) in [6.07, 6.45) is 0.995. The van der Waals surface area contributed by atoms with Gasteiger partial charge in [-0.1, -0.05) is 32.9 Å². The van der Waals surface area contributed by atoms with E-state index in [1.165, 1.54) is 5.56 Å². The van der Waals surface area contributed by atoms with Crippen LogP contribution in [0.1, 0.15) is 49.5 Å². The molecule has 6 heteroatoms. The molecule has 0 bridgehead atoms. The summed E-state index contributed by atoms with van der Waals surface area (Å²) < 4.78 is 11.0. The zero-order valence-electron chi connectivity index (χ0n) is 18.6. The summed E-state index contributed by atoms with van der Waals surface area (Å²) in [6.45, 7) is 9.39. The van der Waals surface area contributed by atoms with Crippen molar-refractivity contribution in [3.05, 3.63) is 59.7 Å². The van der Waals surface area contributed by atoms with Crippen molar-refractivity contribution in [2.45, 2.75) is 39.0 Å². The lowest BCUT2D eigenvalue weighted by Gasteiger charge is -2.26. The fourth-order valence-corrected chi connectivity index (χ4v) is 3.34. The Hall–Kier alpha value is -2.86. The molecule has 0 radical (unpaired) electrons. The van der Waals surface area contributed by atoms with Gasteiger partial charge in [0.1, 0.15) is 5.75 Å². The van der Waals surface area contributed by atoms with Crippen LogP contribution in [0.5, 0.6) is 5.75 Å². The molecule has 0 spiro atoms. The lowest BCUT2D eigenvalue weighted by Crippen LogP contribution is -2.40. The number of ether oxygens (including phenoxy) is 2. The second-order valence-electron chi connectivity index (χ2n) is 8.76. The van der Waals surface area contributed by atoms with Crippen molar-refractivity contribution < 1.29 is 19.1 Å². The predicted octanol–water partition coefficient (Wildman–Crippen LogP) is 4.25. The molecule has 31 heavy (non-hydrogen) atoms. The number of anilines is 1. The third-order valence-electron chi connectivity index (χ3n) is 5.25. The van der Waals surface area contributed by atoms with E-state index in [-0.39, 0.29) is 17.2 Å². The molecule has 2 aromatic rings. The van der Waals surface area contributed by atoms with Crippen LogP contribution < -0.4 is 10.1 Å². The Balaban J connectivity index is 1.39. The van der Waals surface area contributed by atoms with E-state index in [0.29, 0.717) is 57.0 Å². The normalized spacial score (nSPS) is 14.2. The fourth-order valence-electron chi connectivity index (χ4n) is 3.34. The molecule has 1 aliphatic rings. The molecule has 0 aromatic heterocycles. The van der Waals surface area contributed by atoms with Crippen LogP contribution in [-0.2, 0) is 14.9 Å². The molecule has 2 aromatic carbocycles. The van der Waals surface area contributed by atoms with Crippen LogP contribution in [-0.4, -0.2) is 49.6 Å². The SMILES string of the molecule is CC(C)(C)c1ccc(OCCCC(=O)Nc2ccc(C(=O)N3CCOCC3)cc2)cc1. The summed E-state index contributed by atoms with van der Waals surface area (Å²) >= 11 is 0. The first-order chi connectivity index (χ1) is 14.8. The van der Waals surface area contributed by atoms with Gasteiger partial charge in [0.2, 0.25) is 5.91 Å². The van der Waals surface area contributed by atoms with Crippen LogP contribution in [0.15, 0.2) is 48.5 Å². The third-order valence-corrected chi connectivity index (χ3v) is 5.25. The highest BCUT2D eigenvalue weighted by Gasteiger charge is 2.18. The maximum Gasteiger partial charge on any atom is 0.254 e. The number of nitrogens with zero attached hydrogens (tertiary/aromatic N) is 1. The van der Waals surface area contributed by atoms with Crippen molar-refractivity contribution in [2.24, 2.45) is 0 Å². The van der Waals surface area contributed by atoms with Gasteiger partial charge in [0.05, 0.1) is 19.8 Å². The van der Waals surface area contributed by atoms with Crippen molar-refractivity contribution in [1.82, 2.24) is 4.90 Å². The third kappa shape index (κ3) is 6.82. The fraction of sp³-hybridized carbons (Fsp3) is 0.440. The second-order valence-corrected chi connectivity index (χ2v) is 8.76. The van der Waals surface area contributed by atoms with Crippen LogP contribution in [0.25, 0.3) is 0 Å². The number of hydrogen-bond acceptors (Lipinski definition) is 4. The molecule has 0 unspecified atom stereocenters. The first kappa shape index (κ1) is 22.8. The standard InChI is InChI=1S/C25H32N2O4/c1-25(2,3)20-8-12-22(13-9-20)31-16-4-5-23(28)26-21-10-6-19(7-11-21)24(29)27-14-17-30-18-15-27/h6-13H,4-5,14-18H2,1-3H3,(H,26,28). The average molecular weight is 425 g/mol. The smallest absolute Gasteiger partial charge is 0.254 e. The first-order valence-corrected chi connectivity index (χ1v) is 10.8. The Morgan fingerprint density at radius 2 is 1.65 bits per heavy atom. The molecule has 0 saturated carbocycles. The number of rotatable bonds is 7. The summed E-state index contributed by atoms with van der Waals surface area (Å²) in [5.41, 5.74) is 2.68. The molecule has 2 amide bonds. The molecule has 1 saturated heterocycles. The van der Waals surface area contributed by atoms with Crippen LogP contribution >= 0.6 is 0 Å². The number of hydrogen-bond donors (Lipinski definition) is 1. The Morgan fingerprint density at radius 1 is 1.00 bits per heavy atom. The van der Waals surface area contributed by atoms with Gasteiger partial charge in [0.25, 0.3) is 5.91 Å². The Kier molecular flexibility index (Phi) is 7.69. The van der Waals surface area contributed by atoms with Crippen molar-refractivity contribution in [3.63, 3.8) is 0 Å². The molecule has 1 N–H and O–H groups in total. The van der Waals surface area contributed by atoms with Crippen molar-refractivity contribution in [1.29, 1.82) is 0 Å². The molecule has 1 heterocycles. The Morgan fingerprint density at radius 3 is 2.26 bits per heavy atom. The van der Waals surface area contributed by atoms with Gasteiger partial charge in [-0.2, -0.15) is 0 Å². The maximum atomic E-state index is 12.5. The minimum Gasteiger partial charge on any atom is -0.494 e. The van der Waals surface area contributed by atoms with E-state index in [1.807, 2.05) is 12.1 Å². The number of carbonyl (C=O) groups excluding carboxylic acids is 2. The zero-order valence-corrected chi connectivity index (χ0v) is 18.6. The van der Waals surface area contributed by atoms with Gasteiger partial charge in [-0.05, 0) is 53.8 Å². The first-order valence-electron chi connectivity index (χ1n) is 10.8. The van der Waals surface area contributed by atoms with E-state index in [2.05, 4.69) is 38.2 Å². The second kappa shape index (κ2) is 10.4. The van der Waals surface area contributed by atoms with Crippen molar-refractivity contribution in [2.75, 3.05) is 38.2 Å². The summed E-state index contributed by atoms with van der Waals surface area (Å²) in [6, 6.07) is 15.1. The van der Waals surface area contributed by atoms with E-state index < -0.39 is 0 Å². The number of morpholine rings is 1. The molecule has 3 rings (SSSR count). The molecular weight excluding hydrogens is 392 g/mol. The van der Waals surface area contributed by atoms with Crippen molar-refractivity contribution >= 4 is 17.5 Å². The van der Waals surface area contributed by atoms with Crippen LogP contribution in [0.2, 0.25) is 0 Å². The van der Waals surface area contributed by atoms with E-state index in [4.69, 9.17) is 9.47 Å². The largest absolute Gasteiger partial charge is 0.494 e. The Labute approximate surface area is 184 Å². The molecule has 0 aliphatic carbocycles. The molecule has 6 nitrogen and oxygen atoms in total. The maximum absolute atomic E-state index is 12.5. The van der Waals surface area contributed by atoms with Gasteiger partial charge in [0.15, 0.2) is 0 Å². The van der Waals surface area contributed by atoms with Crippen LogP contribution in [0, 0.1) is 0 Å². The van der Waals surface area contributed by atoms with Gasteiger partial charge >= 0.3 is 0 Å². The molecule has 166 valence electrons. The summed E-state index contributed by atoms with van der Waals surface area (Å²) in [7, 11) is 0. The zero-order chi connectivity index (χ0) is 22.3. The number of amides is 2. The molecule has 0 atom stereocenters. The molecule has 1 aliphatic heterocycles. The molecular formula is C25H32N2O4. The van der Waals surface area contributed by atoms with Gasteiger partial charge in [-0.25, -0.2) is 0 Å². The lowest BCUT2D eigenvalue weighted by atomic mass is 9.87. The van der Waals surface area contributed by atoms with E-state index in [9.17, 15) is 9.59 Å². The van der Waals surface area contributed by atoms with E-state index >= 15 is 0 Å². The topological polar surface area (TPSA) is 67.9 Å². The van der Waals surface area contributed by atoms with Gasteiger partial charge in [0, 0.05) is 30.8 Å². The molecule has 1 fully saturated rings. The monoisotopic (exact) mass is 424 g/mol. The minimum absolute atomic E-state index is 0.00569. The van der Waals surface area contributed by atoms with Crippen molar-refractivity contribution in [3.8, 4) is 5.75 Å². The van der Waals surface area contributed by atoms with Gasteiger partial charge in [-0.3, -0.25) is 9.59 Å². The van der Waals surface area contributed by atoms with Gasteiger partial charge in [-0.15, -0.1) is 0 Å². The number of carbonyl (C=O) groups is 2. The highest BCUT2D eigenvalue weighted by atomic mass is 16.5. The van der Waals surface area contributed by atoms with E-state index in [1.54, 1.807) is 29.2 Å². The summed E-state index contributed by atoms with van der Waals surface area (Å²) in [5.74, 6) is 0.738. The quantitative estimate of drug-likeness (QED) is 0.675. The van der Waals surface area contributed by atoms with E-state index in [0.717, 1.165) is 5.75 Å². The number of benzene rings is 2. The Bertz CT molecular complexity index is 864. The summed E-state index contributed by atoms with van der Waals surface area (Å²) in [5, 5.41) is 2.87. The predicted molar refractivity (Wildman–Crippen MR) is 122 cm³/mol. The number of nitrogens with one attached hydrogen (secondary N) is 1.